The van der Waals surface area contributed by atoms with Crippen LogP contribution in [0, 0.1) is 5.92 Å². The molecule has 0 aromatic rings. The minimum Gasteiger partial charge on any atom is -0.379 e. The predicted octanol–water partition coefficient (Wildman–Crippen LogP) is 2.41. The Kier molecular flexibility index (Phi) is 9.22. The van der Waals surface area contributed by atoms with Crippen molar-refractivity contribution in [3.05, 3.63) is 0 Å². The van der Waals surface area contributed by atoms with Crippen molar-refractivity contribution < 1.29 is 17.9 Å². The molecule has 0 heterocycles. The van der Waals surface area contributed by atoms with Gasteiger partial charge in [-0.1, -0.05) is 6.92 Å². The normalized spacial score (nSPS) is 14.2. The van der Waals surface area contributed by atoms with Crippen LogP contribution in [0.25, 0.3) is 0 Å². The standard InChI is InChI=1S/C11H23ClO4S/c1-10(2)16-8-7-15-6-4-11(3)5-9-17(12,13)14/h10-11H,4-9H2,1-3H3. The highest BCUT2D eigenvalue weighted by Gasteiger charge is 2.09. The summed E-state index contributed by atoms with van der Waals surface area (Å²) < 4.78 is 32.2. The molecule has 4 nitrogen and oxygen atoms in total. The highest BCUT2D eigenvalue weighted by molar-refractivity contribution is 8.13. The summed E-state index contributed by atoms with van der Waals surface area (Å²) in [5, 5.41) is 0. The van der Waals surface area contributed by atoms with E-state index in [1.165, 1.54) is 0 Å². The molecular formula is C11H23ClO4S. The molecule has 0 fully saturated rings. The fourth-order valence-electron chi connectivity index (χ4n) is 1.22. The van der Waals surface area contributed by atoms with Crippen LogP contribution in [0.5, 0.6) is 0 Å². The molecule has 104 valence electrons. The van der Waals surface area contributed by atoms with E-state index in [0.29, 0.717) is 32.2 Å². The number of rotatable bonds is 10. The Hall–Kier alpha value is 0.160. The van der Waals surface area contributed by atoms with Gasteiger partial charge >= 0.3 is 0 Å². The van der Waals surface area contributed by atoms with Gasteiger partial charge in [-0.05, 0) is 32.6 Å². The van der Waals surface area contributed by atoms with Crippen LogP contribution in [0.4, 0.5) is 0 Å². The van der Waals surface area contributed by atoms with Gasteiger partial charge in [0.25, 0.3) is 0 Å². The predicted molar refractivity (Wildman–Crippen MR) is 69.9 cm³/mol. The van der Waals surface area contributed by atoms with Gasteiger partial charge in [-0.3, -0.25) is 0 Å². The van der Waals surface area contributed by atoms with Crippen molar-refractivity contribution in [1.82, 2.24) is 0 Å². The van der Waals surface area contributed by atoms with Crippen LogP contribution in [0.1, 0.15) is 33.6 Å². The summed E-state index contributed by atoms with van der Waals surface area (Å²) >= 11 is 0. The molecule has 0 radical (unpaired) electrons. The summed E-state index contributed by atoms with van der Waals surface area (Å²) in [5.74, 6) is 0.334. The fourth-order valence-corrected chi connectivity index (χ4v) is 2.17. The molecule has 0 saturated carbocycles. The van der Waals surface area contributed by atoms with Crippen molar-refractivity contribution in [2.24, 2.45) is 5.92 Å². The maximum atomic E-state index is 10.7. The summed E-state index contributed by atoms with van der Waals surface area (Å²) in [6, 6.07) is 0. The molecule has 0 saturated heterocycles. The van der Waals surface area contributed by atoms with Crippen LogP contribution in [0.2, 0.25) is 0 Å². The minimum atomic E-state index is -3.36. The summed E-state index contributed by atoms with van der Waals surface area (Å²) in [7, 11) is 1.78. The largest absolute Gasteiger partial charge is 0.379 e. The summed E-state index contributed by atoms with van der Waals surface area (Å²) in [6.45, 7) is 7.77. The maximum absolute atomic E-state index is 10.7. The molecule has 6 heteroatoms. The number of hydrogen-bond donors (Lipinski definition) is 0. The van der Waals surface area contributed by atoms with Crippen molar-refractivity contribution in [2.75, 3.05) is 25.6 Å². The van der Waals surface area contributed by atoms with Gasteiger partial charge < -0.3 is 9.47 Å². The molecular weight excluding hydrogens is 264 g/mol. The van der Waals surface area contributed by atoms with Gasteiger partial charge in [-0.15, -0.1) is 0 Å². The van der Waals surface area contributed by atoms with E-state index in [9.17, 15) is 8.42 Å². The van der Waals surface area contributed by atoms with E-state index in [-0.39, 0.29) is 11.9 Å². The lowest BCUT2D eigenvalue weighted by Gasteiger charge is -2.11. The molecule has 1 unspecified atom stereocenters. The van der Waals surface area contributed by atoms with E-state index in [1.807, 2.05) is 20.8 Å². The molecule has 0 bridgehead atoms. The first kappa shape index (κ1) is 17.2. The second kappa shape index (κ2) is 9.14. The van der Waals surface area contributed by atoms with Crippen LogP contribution in [0.3, 0.4) is 0 Å². The average Bonchev–Trinajstić information content (AvgIpc) is 2.19. The van der Waals surface area contributed by atoms with Crippen LogP contribution in [0.15, 0.2) is 0 Å². The first-order valence-electron chi connectivity index (χ1n) is 5.93. The first-order chi connectivity index (χ1) is 7.81. The highest BCUT2D eigenvalue weighted by atomic mass is 35.7. The Morgan fingerprint density at radius 2 is 1.71 bits per heavy atom. The SMILES string of the molecule is CC(CCOCCOC(C)C)CCS(=O)(=O)Cl. The lowest BCUT2D eigenvalue weighted by atomic mass is 10.1. The smallest absolute Gasteiger partial charge is 0.232 e. The van der Waals surface area contributed by atoms with Crippen molar-refractivity contribution in [3.63, 3.8) is 0 Å². The van der Waals surface area contributed by atoms with Crippen LogP contribution >= 0.6 is 10.7 Å². The Morgan fingerprint density at radius 1 is 1.06 bits per heavy atom. The summed E-state index contributed by atoms with van der Waals surface area (Å²) in [4.78, 5) is 0. The third-order valence-corrected chi connectivity index (χ3v) is 3.47. The highest BCUT2D eigenvalue weighted by Crippen LogP contribution is 2.11. The number of hydrogen-bond acceptors (Lipinski definition) is 4. The average molecular weight is 287 g/mol. The molecule has 0 aliphatic carbocycles. The van der Waals surface area contributed by atoms with Crippen molar-refractivity contribution in [1.29, 1.82) is 0 Å². The van der Waals surface area contributed by atoms with Crippen LogP contribution in [-0.2, 0) is 18.5 Å². The zero-order valence-corrected chi connectivity index (χ0v) is 12.4. The van der Waals surface area contributed by atoms with Gasteiger partial charge in [0.05, 0.1) is 25.1 Å². The topological polar surface area (TPSA) is 52.6 Å². The Bertz CT molecular complexity index is 277. The number of ether oxygens (including phenoxy) is 2. The van der Waals surface area contributed by atoms with Crippen molar-refractivity contribution in [2.45, 2.75) is 39.7 Å². The molecule has 0 N–H and O–H groups in total. The molecule has 0 spiro atoms. The Balaban J connectivity index is 3.36. The molecule has 0 amide bonds. The second-order valence-electron chi connectivity index (χ2n) is 4.46. The third kappa shape index (κ3) is 14.1. The maximum Gasteiger partial charge on any atom is 0.232 e. The van der Waals surface area contributed by atoms with E-state index >= 15 is 0 Å². The van der Waals surface area contributed by atoms with E-state index in [2.05, 4.69) is 0 Å². The minimum absolute atomic E-state index is 0.0339. The van der Waals surface area contributed by atoms with E-state index in [4.69, 9.17) is 20.2 Å². The summed E-state index contributed by atoms with van der Waals surface area (Å²) in [5.41, 5.74) is 0. The Labute approximate surface area is 109 Å². The van der Waals surface area contributed by atoms with Crippen LogP contribution in [-0.4, -0.2) is 40.1 Å². The van der Waals surface area contributed by atoms with E-state index < -0.39 is 9.05 Å². The lowest BCUT2D eigenvalue weighted by Crippen LogP contribution is -2.12. The quantitative estimate of drug-likeness (QED) is 0.457. The van der Waals surface area contributed by atoms with Crippen LogP contribution < -0.4 is 0 Å². The zero-order valence-electron chi connectivity index (χ0n) is 10.8. The van der Waals surface area contributed by atoms with E-state index in [1.54, 1.807) is 0 Å². The van der Waals surface area contributed by atoms with Crippen molar-refractivity contribution >= 4 is 19.7 Å². The van der Waals surface area contributed by atoms with Gasteiger partial charge in [0.15, 0.2) is 0 Å². The Morgan fingerprint density at radius 3 is 2.24 bits per heavy atom. The molecule has 17 heavy (non-hydrogen) atoms. The van der Waals surface area contributed by atoms with Gasteiger partial charge in [0.1, 0.15) is 0 Å². The molecule has 0 aliphatic rings. The molecule has 0 aliphatic heterocycles. The van der Waals surface area contributed by atoms with Crippen molar-refractivity contribution in [3.8, 4) is 0 Å². The lowest BCUT2D eigenvalue weighted by molar-refractivity contribution is 0.0167. The monoisotopic (exact) mass is 286 g/mol. The van der Waals surface area contributed by atoms with Gasteiger partial charge in [0, 0.05) is 17.3 Å². The molecule has 0 aromatic carbocycles. The molecule has 0 rings (SSSR count). The number of halogens is 1. The molecule has 0 aromatic heterocycles. The van der Waals surface area contributed by atoms with Gasteiger partial charge in [-0.2, -0.15) is 0 Å². The fraction of sp³-hybridized carbons (Fsp3) is 1.00. The second-order valence-corrected chi connectivity index (χ2v) is 7.35. The first-order valence-corrected chi connectivity index (χ1v) is 8.41. The summed E-state index contributed by atoms with van der Waals surface area (Å²) in [6.07, 6.45) is 1.65. The van der Waals surface area contributed by atoms with E-state index in [0.717, 1.165) is 6.42 Å². The van der Waals surface area contributed by atoms with Gasteiger partial charge in [0.2, 0.25) is 9.05 Å². The van der Waals surface area contributed by atoms with Gasteiger partial charge in [-0.25, -0.2) is 8.42 Å². The zero-order chi connectivity index (χ0) is 13.3. The third-order valence-electron chi connectivity index (χ3n) is 2.29. The molecule has 1 atom stereocenters.